The largest absolute Gasteiger partial charge is 0.468 e. The lowest BCUT2D eigenvalue weighted by molar-refractivity contribution is 0.0539. The molecular weight excluding hydrogens is 468 g/mol. The fourth-order valence-electron chi connectivity index (χ4n) is 5.93. The highest BCUT2D eigenvalue weighted by Gasteiger charge is 2.35. The molecule has 1 saturated heterocycles. The highest BCUT2D eigenvalue weighted by Crippen LogP contribution is 2.34. The van der Waals surface area contributed by atoms with Crippen LogP contribution >= 0.6 is 0 Å². The maximum Gasteiger partial charge on any atom is 0.253 e. The zero-order valence-corrected chi connectivity index (χ0v) is 21.3. The molecule has 0 amide bonds. The first kappa shape index (κ1) is 24.1. The third kappa shape index (κ3) is 5.10. The monoisotopic (exact) mass is 502 g/mol. The molecule has 9 nitrogen and oxygen atoms in total. The first-order chi connectivity index (χ1) is 18.2. The molecule has 0 spiro atoms. The minimum Gasteiger partial charge on any atom is -0.468 e. The second-order valence-corrected chi connectivity index (χ2v) is 10.5. The second kappa shape index (κ2) is 10.6. The van der Waals surface area contributed by atoms with Crippen molar-refractivity contribution in [3.05, 3.63) is 75.7 Å². The van der Waals surface area contributed by atoms with E-state index < -0.39 is 6.04 Å². The van der Waals surface area contributed by atoms with E-state index in [4.69, 9.17) is 9.15 Å². The average Bonchev–Trinajstić information content (AvgIpc) is 3.69. The Morgan fingerprint density at radius 3 is 2.81 bits per heavy atom. The Morgan fingerprint density at radius 2 is 2.03 bits per heavy atom. The first-order valence-corrected chi connectivity index (χ1v) is 13.4. The lowest BCUT2D eigenvalue weighted by Gasteiger charge is -2.33. The number of hydrogen-bond donors (Lipinski definition) is 1. The van der Waals surface area contributed by atoms with E-state index in [9.17, 15) is 4.79 Å². The Bertz CT molecular complexity index is 1380. The van der Waals surface area contributed by atoms with Crippen molar-refractivity contribution in [1.82, 2.24) is 30.1 Å². The molecule has 0 radical (unpaired) electrons. The summed E-state index contributed by atoms with van der Waals surface area (Å²) in [4.78, 5) is 19.0. The number of rotatable bonds is 8. The lowest BCUT2D eigenvalue weighted by atomic mass is 9.95. The van der Waals surface area contributed by atoms with Gasteiger partial charge in [0.1, 0.15) is 11.8 Å². The summed E-state index contributed by atoms with van der Waals surface area (Å²) in [6.07, 6.45) is 9.45. The normalized spacial score (nSPS) is 19.7. The van der Waals surface area contributed by atoms with E-state index in [-0.39, 0.29) is 17.7 Å². The van der Waals surface area contributed by atoms with Crippen molar-refractivity contribution < 1.29 is 9.15 Å². The third-order valence-electron chi connectivity index (χ3n) is 7.77. The van der Waals surface area contributed by atoms with Gasteiger partial charge in [-0.25, -0.2) is 4.68 Å². The molecule has 2 fully saturated rings. The van der Waals surface area contributed by atoms with Gasteiger partial charge in [0.2, 0.25) is 0 Å². The van der Waals surface area contributed by atoms with Crippen molar-refractivity contribution >= 4 is 10.9 Å². The van der Waals surface area contributed by atoms with Gasteiger partial charge in [-0.05, 0) is 78.8 Å². The van der Waals surface area contributed by atoms with Crippen molar-refractivity contribution in [3.63, 3.8) is 0 Å². The van der Waals surface area contributed by atoms with Crippen LogP contribution in [0.2, 0.25) is 0 Å². The quantitative estimate of drug-likeness (QED) is 0.373. The Labute approximate surface area is 215 Å². The van der Waals surface area contributed by atoms with Gasteiger partial charge in [0.15, 0.2) is 5.82 Å². The van der Waals surface area contributed by atoms with E-state index in [0.29, 0.717) is 24.5 Å². The molecule has 1 aliphatic carbocycles. The van der Waals surface area contributed by atoms with Crippen LogP contribution in [0.5, 0.6) is 0 Å². The number of nitrogens with one attached hydrogen (secondary N) is 1. The van der Waals surface area contributed by atoms with E-state index in [2.05, 4.69) is 38.4 Å². The van der Waals surface area contributed by atoms with Crippen molar-refractivity contribution in [2.24, 2.45) is 0 Å². The van der Waals surface area contributed by atoms with Crippen molar-refractivity contribution in [2.75, 3.05) is 13.2 Å². The molecule has 194 valence electrons. The number of aromatic nitrogens is 5. The molecule has 4 heterocycles. The Morgan fingerprint density at radius 1 is 1.14 bits per heavy atom. The van der Waals surface area contributed by atoms with Crippen LogP contribution in [0.25, 0.3) is 10.9 Å². The summed E-state index contributed by atoms with van der Waals surface area (Å²) in [5.41, 5.74) is 2.47. The first-order valence-electron chi connectivity index (χ1n) is 13.4. The Kier molecular flexibility index (Phi) is 6.89. The SMILES string of the molecule is Cc1ccc2[nH]c(=O)c([C@H](c3nnnn3C3CCCCC3)N(Cc3ccco3)C[C@@H]3CCCO3)cc2c1. The Balaban J connectivity index is 1.50. The molecule has 2 aliphatic rings. The summed E-state index contributed by atoms with van der Waals surface area (Å²) in [6.45, 7) is 3.99. The number of aromatic amines is 1. The minimum absolute atomic E-state index is 0.0817. The summed E-state index contributed by atoms with van der Waals surface area (Å²) < 4.78 is 13.8. The standard InChI is InChI=1S/C28H34N6O3/c1-19-11-12-25-20(15-19)16-24(28(35)29-25)26(27-30-31-32-34(27)21-7-3-2-4-8-21)33(17-22-9-5-13-36-22)18-23-10-6-14-37-23/h5,9,11-13,15-16,21,23,26H,2-4,6-8,10,14,17-18H2,1H3,(H,29,35)/t23-,26+/m0/s1. The lowest BCUT2D eigenvalue weighted by Crippen LogP contribution is -2.39. The number of pyridine rings is 1. The van der Waals surface area contributed by atoms with Crippen LogP contribution in [0.4, 0.5) is 0 Å². The van der Waals surface area contributed by atoms with Crippen LogP contribution in [-0.4, -0.2) is 49.3 Å². The molecule has 4 aromatic rings. The van der Waals surface area contributed by atoms with E-state index in [1.807, 2.05) is 35.0 Å². The van der Waals surface area contributed by atoms with Gasteiger partial charge in [0, 0.05) is 24.2 Å². The van der Waals surface area contributed by atoms with E-state index >= 15 is 0 Å². The maximum atomic E-state index is 13.7. The van der Waals surface area contributed by atoms with Gasteiger partial charge in [-0.15, -0.1) is 5.10 Å². The smallest absolute Gasteiger partial charge is 0.253 e. The third-order valence-corrected chi connectivity index (χ3v) is 7.77. The average molecular weight is 503 g/mol. The summed E-state index contributed by atoms with van der Waals surface area (Å²) in [5, 5.41) is 14.2. The number of ether oxygens (including phenoxy) is 1. The van der Waals surface area contributed by atoms with E-state index in [1.165, 1.54) is 6.42 Å². The maximum absolute atomic E-state index is 13.7. The second-order valence-electron chi connectivity index (χ2n) is 10.5. The summed E-state index contributed by atoms with van der Waals surface area (Å²) >= 11 is 0. The van der Waals surface area contributed by atoms with Crippen LogP contribution in [0.1, 0.15) is 79.7 Å². The number of furan rings is 1. The fraction of sp³-hybridized carbons (Fsp3) is 0.500. The highest BCUT2D eigenvalue weighted by molar-refractivity contribution is 5.79. The number of hydrogen-bond acceptors (Lipinski definition) is 7. The number of fused-ring (bicyclic) bond motifs is 1. The predicted octanol–water partition coefficient (Wildman–Crippen LogP) is 4.69. The van der Waals surface area contributed by atoms with Crippen LogP contribution in [0.15, 0.2) is 51.9 Å². The summed E-state index contributed by atoms with van der Waals surface area (Å²) in [5.74, 6) is 1.53. The fourth-order valence-corrected chi connectivity index (χ4v) is 5.93. The van der Waals surface area contributed by atoms with Gasteiger partial charge in [-0.3, -0.25) is 9.69 Å². The summed E-state index contributed by atoms with van der Waals surface area (Å²) in [7, 11) is 0. The Hall–Kier alpha value is -3.30. The van der Waals surface area contributed by atoms with Crippen molar-refractivity contribution in [2.45, 2.75) is 76.6 Å². The van der Waals surface area contributed by atoms with Crippen LogP contribution in [0.3, 0.4) is 0 Å². The predicted molar refractivity (Wildman–Crippen MR) is 139 cm³/mol. The minimum atomic E-state index is -0.458. The molecule has 0 unspecified atom stereocenters. The zero-order chi connectivity index (χ0) is 25.2. The van der Waals surface area contributed by atoms with Crippen LogP contribution < -0.4 is 5.56 Å². The summed E-state index contributed by atoms with van der Waals surface area (Å²) in [6, 6.07) is 11.7. The van der Waals surface area contributed by atoms with Gasteiger partial charge in [0.05, 0.1) is 25.0 Å². The molecule has 1 aliphatic heterocycles. The van der Waals surface area contributed by atoms with Gasteiger partial charge < -0.3 is 14.1 Å². The molecule has 9 heteroatoms. The number of tetrazole rings is 1. The van der Waals surface area contributed by atoms with Gasteiger partial charge >= 0.3 is 0 Å². The highest BCUT2D eigenvalue weighted by atomic mass is 16.5. The molecule has 2 atom stereocenters. The van der Waals surface area contributed by atoms with Crippen molar-refractivity contribution in [1.29, 1.82) is 0 Å². The number of H-pyrrole nitrogens is 1. The van der Waals surface area contributed by atoms with Crippen LogP contribution in [0, 0.1) is 6.92 Å². The van der Waals surface area contributed by atoms with Gasteiger partial charge in [0.25, 0.3) is 5.56 Å². The molecule has 1 aromatic carbocycles. The molecule has 6 rings (SSSR count). The molecular formula is C28H34N6O3. The topological polar surface area (TPSA) is 102 Å². The molecule has 1 N–H and O–H groups in total. The molecule has 3 aromatic heterocycles. The van der Waals surface area contributed by atoms with E-state index in [0.717, 1.165) is 67.4 Å². The van der Waals surface area contributed by atoms with E-state index in [1.54, 1.807) is 6.26 Å². The number of nitrogens with zero attached hydrogens (tertiary/aromatic N) is 5. The van der Waals surface area contributed by atoms with Crippen LogP contribution in [-0.2, 0) is 11.3 Å². The molecule has 37 heavy (non-hydrogen) atoms. The zero-order valence-electron chi connectivity index (χ0n) is 21.3. The van der Waals surface area contributed by atoms with Crippen molar-refractivity contribution in [3.8, 4) is 0 Å². The van der Waals surface area contributed by atoms with Gasteiger partial charge in [-0.2, -0.15) is 0 Å². The van der Waals surface area contributed by atoms with Gasteiger partial charge in [-0.1, -0.05) is 30.9 Å². The number of benzene rings is 1. The number of aryl methyl sites for hydroxylation is 1. The molecule has 0 bridgehead atoms. The molecule has 1 saturated carbocycles.